The lowest BCUT2D eigenvalue weighted by Gasteiger charge is -2.10. The number of nitrogens with one attached hydrogen (secondary N) is 3. The second kappa shape index (κ2) is 4.07. The molecule has 5 heteroatoms. The first-order valence-corrected chi connectivity index (χ1v) is 6.09. The third-order valence-corrected chi connectivity index (χ3v) is 3.56. The van der Waals surface area contributed by atoms with E-state index >= 15 is 0 Å². The van der Waals surface area contributed by atoms with Crippen LogP contribution in [0.1, 0.15) is 24.1 Å². The van der Waals surface area contributed by atoms with Gasteiger partial charge in [-0.1, -0.05) is 0 Å². The zero-order valence-electron chi connectivity index (χ0n) is 9.38. The topological polar surface area (TPSA) is 61.9 Å². The molecular weight excluding hydrogens is 204 g/mol. The van der Waals surface area contributed by atoms with E-state index in [0.717, 1.165) is 43.9 Å². The molecule has 0 bridgehead atoms. The number of hydrogen-bond donors (Lipinski definition) is 3. The van der Waals surface area contributed by atoms with E-state index in [9.17, 15) is 4.79 Å². The fourth-order valence-corrected chi connectivity index (χ4v) is 2.67. The summed E-state index contributed by atoms with van der Waals surface area (Å²) in [7, 11) is 0. The summed E-state index contributed by atoms with van der Waals surface area (Å²) in [5.74, 6) is 0. The van der Waals surface area contributed by atoms with Crippen molar-refractivity contribution in [2.45, 2.75) is 38.4 Å². The van der Waals surface area contributed by atoms with E-state index in [1.165, 1.54) is 12.8 Å². The first-order valence-electron chi connectivity index (χ1n) is 6.09. The lowest BCUT2D eigenvalue weighted by atomic mass is 10.1. The van der Waals surface area contributed by atoms with E-state index in [4.69, 9.17) is 0 Å². The molecule has 0 aliphatic carbocycles. The van der Waals surface area contributed by atoms with Crippen LogP contribution in [0.3, 0.4) is 0 Å². The van der Waals surface area contributed by atoms with Gasteiger partial charge in [-0.25, -0.2) is 0 Å². The molecule has 1 atom stereocenters. The Labute approximate surface area is 94.2 Å². The lowest BCUT2D eigenvalue weighted by Crippen LogP contribution is -2.32. The Bertz CT molecular complexity index is 428. The summed E-state index contributed by atoms with van der Waals surface area (Å²) in [6.45, 7) is 3.59. The van der Waals surface area contributed by atoms with Crippen LogP contribution in [0.15, 0.2) is 4.79 Å². The van der Waals surface area contributed by atoms with Gasteiger partial charge in [-0.15, -0.1) is 0 Å². The molecule has 3 rings (SSSR count). The van der Waals surface area contributed by atoms with Crippen molar-refractivity contribution in [3.8, 4) is 0 Å². The summed E-state index contributed by atoms with van der Waals surface area (Å²) >= 11 is 0. The molecule has 2 aliphatic rings. The van der Waals surface area contributed by atoms with Crippen molar-refractivity contribution in [3.05, 3.63) is 21.6 Å². The average Bonchev–Trinajstić information content (AvgIpc) is 2.90. The Morgan fingerprint density at radius 1 is 1.38 bits per heavy atom. The molecule has 1 aromatic heterocycles. The van der Waals surface area contributed by atoms with E-state index in [2.05, 4.69) is 15.7 Å². The van der Waals surface area contributed by atoms with E-state index < -0.39 is 0 Å². The second-order valence-corrected chi connectivity index (χ2v) is 4.70. The maximum absolute atomic E-state index is 12.1. The normalized spacial score (nSPS) is 24.6. The van der Waals surface area contributed by atoms with Gasteiger partial charge in [0.05, 0.1) is 12.2 Å². The predicted octanol–water partition coefficient (Wildman–Crippen LogP) is -0.426. The SMILES string of the molecule is O=c1c2c([nH]n1CC1CCCN1)CNCC2. The molecule has 3 N–H and O–H groups in total. The fraction of sp³-hybridized carbons (Fsp3) is 0.727. The van der Waals surface area contributed by atoms with Crippen LogP contribution in [0.2, 0.25) is 0 Å². The number of hydrogen-bond acceptors (Lipinski definition) is 3. The van der Waals surface area contributed by atoms with Crippen molar-refractivity contribution in [1.82, 2.24) is 20.4 Å². The first kappa shape index (κ1) is 10.1. The Kier molecular flexibility index (Phi) is 2.57. The first-order chi connectivity index (χ1) is 7.84. The molecule has 1 fully saturated rings. The van der Waals surface area contributed by atoms with Gasteiger partial charge in [-0.05, 0) is 32.4 Å². The zero-order valence-corrected chi connectivity index (χ0v) is 9.38. The van der Waals surface area contributed by atoms with E-state index in [-0.39, 0.29) is 5.56 Å². The van der Waals surface area contributed by atoms with Crippen LogP contribution >= 0.6 is 0 Å². The minimum Gasteiger partial charge on any atom is -0.312 e. The molecule has 5 nitrogen and oxygen atoms in total. The molecule has 1 saturated heterocycles. The zero-order chi connectivity index (χ0) is 11.0. The van der Waals surface area contributed by atoms with Gasteiger partial charge in [0.2, 0.25) is 0 Å². The van der Waals surface area contributed by atoms with Crippen LogP contribution in [-0.4, -0.2) is 28.9 Å². The van der Waals surface area contributed by atoms with Crippen molar-refractivity contribution >= 4 is 0 Å². The highest BCUT2D eigenvalue weighted by atomic mass is 16.1. The van der Waals surface area contributed by atoms with Gasteiger partial charge in [0.15, 0.2) is 0 Å². The molecular formula is C11H18N4O. The summed E-state index contributed by atoms with van der Waals surface area (Å²) in [6, 6.07) is 0.464. The van der Waals surface area contributed by atoms with E-state index in [1.807, 2.05) is 0 Å². The highest BCUT2D eigenvalue weighted by Crippen LogP contribution is 2.09. The maximum atomic E-state index is 12.1. The highest BCUT2D eigenvalue weighted by molar-refractivity contribution is 5.20. The molecule has 0 saturated carbocycles. The van der Waals surface area contributed by atoms with Gasteiger partial charge in [-0.2, -0.15) is 0 Å². The minimum absolute atomic E-state index is 0.185. The Balaban J connectivity index is 1.84. The molecule has 0 radical (unpaired) electrons. The van der Waals surface area contributed by atoms with Crippen molar-refractivity contribution in [1.29, 1.82) is 0 Å². The number of rotatable bonds is 2. The van der Waals surface area contributed by atoms with E-state index in [1.54, 1.807) is 4.68 Å². The highest BCUT2D eigenvalue weighted by Gasteiger charge is 2.20. The quantitative estimate of drug-likeness (QED) is 0.636. The third kappa shape index (κ3) is 1.70. The summed E-state index contributed by atoms with van der Waals surface area (Å²) in [5.41, 5.74) is 2.25. The van der Waals surface area contributed by atoms with Crippen molar-refractivity contribution in [3.63, 3.8) is 0 Å². The summed E-state index contributed by atoms with van der Waals surface area (Å²) in [4.78, 5) is 12.1. The molecule has 1 unspecified atom stereocenters. The van der Waals surface area contributed by atoms with Crippen molar-refractivity contribution < 1.29 is 0 Å². The molecule has 88 valence electrons. The molecule has 3 heterocycles. The number of aromatic amines is 1. The standard InChI is InChI=1S/C11H18N4O/c16-11-9-3-5-12-6-10(9)14-15(11)7-8-2-1-4-13-8/h8,12-14H,1-7H2. The smallest absolute Gasteiger partial charge is 0.270 e. The Hall–Kier alpha value is -1.07. The Morgan fingerprint density at radius 3 is 3.06 bits per heavy atom. The molecule has 1 aromatic rings. The van der Waals surface area contributed by atoms with Gasteiger partial charge < -0.3 is 10.6 Å². The Morgan fingerprint density at radius 2 is 2.31 bits per heavy atom. The summed E-state index contributed by atoms with van der Waals surface area (Å²) in [6.07, 6.45) is 3.26. The van der Waals surface area contributed by atoms with Crippen LogP contribution in [0, 0.1) is 0 Å². The molecule has 2 aliphatic heterocycles. The number of aromatic nitrogens is 2. The second-order valence-electron chi connectivity index (χ2n) is 4.70. The predicted molar refractivity (Wildman–Crippen MR) is 61.5 cm³/mol. The summed E-state index contributed by atoms with van der Waals surface area (Å²) in [5, 5.41) is 9.92. The van der Waals surface area contributed by atoms with Crippen LogP contribution in [0.4, 0.5) is 0 Å². The van der Waals surface area contributed by atoms with Crippen LogP contribution in [0.25, 0.3) is 0 Å². The van der Waals surface area contributed by atoms with Crippen LogP contribution in [0.5, 0.6) is 0 Å². The van der Waals surface area contributed by atoms with Gasteiger partial charge in [0.25, 0.3) is 5.56 Å². The average molecular weight is 222 g/mol. The third-order valence-electron chi connectivity index (χ3n) is 3.56. The molecule has 0 amide bonds. The fourth-order valence-electron chi connectivity index (χ4n) is 2.67. The number of nitrogens with zero attached hydrogens (tertiary/aromatic N) is 1. The number of H-pyrrole nitrogens is 1. The van der Waals surface area contributed by atoms with Crippen molar-refractivity contribution in [2.24, 2.45) is 0 Å². The van der Waals surface area contributed by atoms with E-state index in [0.29, 0.717) is 6.04 Å². The molecule has 16 heavy (non-hydrogen) atoms. The molecule has 0 spiro atoms. The minimum atomic E-state index is 0.185. The van der Waals surface area contributed by atoms with Crippen molar-refractivity contribution in [2.75, 3.05) is 13.1 Å². The van der Waals surface area contributed by atoms with Gasteiger partial charge >= 0.3 is 0 Å². The monoisotopic (exact) mass is 222 g/mol. The van der Waals surface area contributed by atoms with Crippen LogP contribution in [-0.2, 0) is 19.5 Å². The largest absolute Gasteiger partial charge is 0.312 e. The van der Waals surface area contributed by atoms with Crippen LogP contribution < -0.4 is 16.2 Å². The van der Waals surface area contributed by atoms with Gasteiger partial charge in [0.1, 0.15) is 0 Å². The maximum Gasteiger partial charge on any atom is 0.270 e. The molecule has 0 aromatic carbocycles. The summed E-state index contributed by atoms with van der Waals surface area (Å²) < 4.78 is 1.78. The van der Waals surface area contributed by atoms with Gasteiger partial charge in [0, 0.05) is 18.2 Å². The lowest BCUT2D eigenvalue weighted by molar-refractivity contribution is 0.464. The number of fused-ring (bicyclic) bond motifs is 1. The van der Waals surface area contributed by atoms with Gasteiger partial charge in [-0.3, -0.25) is 14.6 Å².